The zero-order valence-electron chi connectivity index (χ0n) is 10.5. The molecular formula is C14H16N2O3. The number of nitrogens with zero attached hydrogens (tertiary/aromatic N) is 2. The Labute approximate surface area is 111 Å². The number of pyridine rings is 1. The van der Waals surface area contributed by atoms with Gasteiger partial charge in [0.05, 0.1) is 12.7 Å². The van der Waals surface area contributed by atoms with Crippen molar-refractivity contribution in [2.75, 3.05) is 19.7 Å². The van der Waals surface area contributed by atoms with E-state index in [2.05, 4.69) is 16.8 Å². The predicted octanol–water partition coefficient (Wildman–Crippen LogP) is 0.0223. The molecule has 1 unspecified atom stereocenters. The average Bonchev–Trinajstić information content (AvgIpc) is 2.86. The maximum atomic E-state index is 12.0. The van der Waals surface area contributed by atoms with Gasteiger partial charge in [0.2, 0.25) is 0 Å². The minimum atomic E-state index is -0.424. The van der Waals surface area contributed by atoms with E-state index in [4.69, 9.17) is 5.11 Å². The molecule has 1 aromatic rings. The topological polar surface area (TPSA) is 73.7 Å². The van der Waals surface area contributed by atoms with Gasteiger partial charge in [-0.05, 0) is 18.6 Å². The first-order valence-corrected chi connectivity index (χ1v) is 6.24. The Hall–Kier alpha value is -1.90. The maximum absolute atomic E-state index is 12.0. The standard InChI is InChI=1S/C14H16N2O3/c17-8-2-1-3-11-4-5-13(15-9-11)14(19)16-7-6-12(18)10-16/h4-5,9,12,17-18H,2,6-8,10H2. The van der Waals surface area contributed by atoms with E-state index in [1.165, 1.54) is 0 Å². The van der Waals surface area contributed by atoms with Crippen LogP contribution in [0, 0.1) is 11.8 Å². The number of hydrogen-bond acceptors (Lipinski definition) is 4. The summed E-state index contributed by atoms with van der Waals surface area (Å²) in [5.74, 6) is 5.48. The van der Waals surface area contributed by atoms with Crippen LogP contribution in [0.4, 0.5) is 0 Å². The smallest absolute Gasteiger partial charge is 0.272 e. The van der Waals surface area contributed by atoms with Gasteiger partial charge in [-0.1, -0.05) is 11.8 Å². The Morgan fingerprint density at radius 2 is 2.37 bits per heavy atom. The number of carbonyl (C=O) groups excluding carboxylic acids is 1. The van der Waals surface area contributed by atoms with Gasteiger partial charge in [0, 0.05) is 31.3 Å². The van der Waals surface area contributed by atoms with E-state index in [9.17, 15) is 9.90 Å². The van der Waals surface area contributed by atoms with E-state index in [1.807, 2.05) is 0 Å². The van der Waals surface area contributed by atoms with Crippen molar-refractivity contribution >= 4 is 5.91 Å². The fourth-order valence-electron chi connectivity index (χ4n) is 1.90. The van der Waals surface area contributed by atoms with E-state index >= 15 is 0 Å². The number of likely N-dealkylation sites (tertiary alicyclic amines) is 1. The van der Waals surface area contributed by atoms with Crippen molar-refractivity contribution in [1.82, 2.24) is 9.88 Å². The summed E-state index contributed by atoms with van der Waals surface area (Å²) in [4.78, 5) is 17.7. The lowest BCUT2D eigenvalue weighted by Gasteiger charge is -2.14. The number of aliphatic hydroxyl groups is 2. The molecule has 1 aromatic heterocycles. The van der Waals surface area contributed by atoms with E-state index in [1.54, 1.807) is 23.2 Å². The van der Waals surface area contributed by atoms with Gasteiger partial charge in [0.25, 0.3) is 5.91 Å². The van der Waals surface area contributed by atoms with Crippen molar-refractivity contribution in [1.29, 1.82) is 0 Å². The molecule has 5 heteroatoms. The van der Waals surface area contributed by atoms with Gasteiger partial charge < -0.3 is 15.1 Å². The fourth-order valence-corrected chi connectivity index (χ4v) is 1.90. The van der Waals surface area contributed by atoms with E-state index in [-0.39, 0.29) is 12.5 Å². The van der Waals surface area contributed by atoms with Gasteiger partial charge in [-0.2, -0.15) is 0 Å². The van der Waals surface area contributed by atoms with Gasteiger partial charge >= 0.3 is 0 Å². The highest BCUT2D eigenvalue weighted by atomic mass is 16.3. The SMILES string of the molecule is O=C(c1ccc(C#CCCO)cn1)N1CCC(O)C1. The van der Waals surface area contributed by atoms with Crippen LogP contribution in [0.1, 0.15) is 28.9 Å². The van der Waals surface area contributed by atoms with Crippen LogP contribution in [0.2, 0.25) is 0 Å². The summed E-state index contributed by atoms with van der Waals surface area (Å²) in [7, 11) is 0. The zero-order valence-corrected chi connectivity index (χ0v) is 10.5. The highest BCUT2D eigenvalue weighted by Crippen LogP contribution is 2.12. The molecule has 1 amide bonds. The van der Waals surface area contributed by atoms with Crippen molar-refractivity contribution < 1.29 is 15.0 Å². The summed E-state index contributed by atoms with van der Waals surface area (Å²) in [6.45, 7) is 0.979. The Kier molecular flexibility index (Phi) is 4.50. The highest BCUT2D eigenvalue weighted by molar-refractivity contribution is 5.92. The second-order valence-corrected chi connectivity index (χ2v) is 4.40. The van der Waals surface area contributed by atoms with E-state index in [0.717, 1.165) is 0 Å². The van der Waals surface area contributed by atoms with Crippen molar-refractivity contribution in [3.63, 3.8) is 0 Å². The van der Waals surface area contributed by atoms with Crippen molar-refractivity contribution in [2.24, 2.45) is 0 Å². The normalized spacial score (nSPS) is 18.0. The molecular weight excluding hydrogens is 244 g/mol. The van der Waals surface area contributed by atoms with E-state index in [0.29, 0.717) is 37.2 Å². The number of hydrogen-bond donors (Lipinski definition) is 2. The van der Waals surface area contributed by atoms with Crippen LogP contribution in [0.3, 0.4) is 0 Å². The van der Waals surface area contributed by atoms with Gasteiger partial charge in [-0.15, -0.1) is 0 Å². The van der Waals surface area contributed by atoms with Gasteiger partial charge in [0.1, 0.15) is 5.69 Å². The number of rotatable bonds is 2. The fraction of sp³-hybridized carbons (Fsp3) is 0.429. The largest absolute Gasteiger partial charge is 0.395 e. The number of amides is 1. The lowest BCUT2D eigenvalue weighted by Crippen LogP contribution is -2.30. The molecule has 1 aliphatic heterocycles. The second kappa shape index (κ2) is 6.32. The first-order valence-electron chi connectivity index (χ1n) is 6.24. The lowest BCUT2D eigenvalue weighted by atomic mass is 10.2. The number of carbonyl (C=O) groups is 1. The molecule has 0 bridgehead atoms. The van der Waals surface area contributed by atoms with Crippen LogP contribution in [0.25, 0.3) is 0 Å². The molecule has 2 heterocycles. The Morgan fingerprint density at radius 1 is 1.53 bits per heavy atom. The zero-order chi connectivity index (χ0) is 13.7. The first kappa shape index (κ1) is 13.5. The summed E-state index contributed by atoms with van der Waals surface area (Å²) in [6.07, 6.45) is 2.17. The van der Waals surface area contributed by atoms with Gasteiger partial charge in [0.15, 0.2) is 0 Å². The van der Waals surface area contributed by atoms with Crippen molar-refractivity contribution in [2.45, 2.75) is 18.9 Å². The number of β-amino-alcohol motifs (C(OH)–C–C–N with tert-alkyl or cyclic N) is 1. The van der Waals surface area contributed by atoms with Crippen molar-refractivity contribution in [3.8, 4) is 11.8 Å². The molecule has 1 fully saturated rings. The lowest BCUT2D eigenvalue weighted by molar-refractivity contribution is 0.0759. The molecule has 0 saturated carbocycles. The molecule has 0 aliphatic carbocycles. The van der Waals surface area contributed by atoms with Gasteiger partial charge in [-0.3, -0.25) is 4.79 Å². The van der Waals surface area contributed by atoms with Crippen LogP contribution in [0.15, 0.2) is 18.3 Å². The molecule has 0 spiro atoms. The van der Waals surface area contributed by atoms with Crippen LogP contribution in [-0.2, 0) is 0 Å². The molecule has 0 radical (unpaired) electrons. The highest BCUT2D eigenvalue weighted by Gasteiger charge is 2.25. The quantitative estimate of drug-likeness (QED) is 0.735. The number of aliphatic hydroxyl groups excluding tert-OH is 2. The third kappa shape index (κ3) is 3.53. The third-order valence-electron chi connectivity index (χ3n) is 2.90. The minimum absolute atomic E-state index is 0.0360. The molecule has 1 atom stereocenters. The first-order chi connectivity index (χ1) is 9.20. The van der Waals surface area contributed by atoms with Crippen LogP contribution >= 0.6 is 0 Å². The maximum Gasteiger partial charge on any atom is 0.272 e. The summed E-state index contributed by atoms with van der Waals surface area (Å²) >= 11 is 0. The molecule has 1 saturated heterocycles. The Balaban J connectivity index is 2.02. The van der Waals surface area contributed by atoms with Crippen molar-refractivity contribution in [3.05, 3.63) is 29.6 Å². The number of aromatic nitrogens is 1. The van der Waals surface area contributed by atoms with Gasteiger partial charge in [-0.25, -0.2) is 4.98 Å². The third-order valence-corrected chi connectivity index (χ3v) is 2.90. The summed E-state index contributed by atoms with van der Waals surface area (Å²) in [6, 6.07) is 3.37. The predicted molar refractivity (Wildman–Crippen MR) is 69.3 cm³/mol. The van der Waals surface area contributed by atoms with Crippen LogP contribution < -0.4 is 0 Å². The van der Waals surface area contributed by atoms with E-state index < -0.39 is 6.10 Å². The molecule has 1 aliphatic rings. The summed E-state index contributed by atoms with van der Waals surface area (Å²) < 4.78 is 0. The minimum Gasteiger partial charge on any atom is -0.395 e. The molecule has 19 heavy (non-hydrogen) atoms. The monoisotopic (exact) mass is 260 g/mol. The Bertz CT molecular complexity index is 502. The average molecular weight is 260 g/mol. The molecule has 5 nitrogen and oxygen atoms in total. The Morgan fingerprint density at radius 3 is 2.95 bits per heavy atom. The molecule has 100 valence electrons. The summed E-state index contributed by atoms with van der Waals surface area (Å²) in [5, 5.41) is 18.0. The molecule has 2 N–H and O–H groups in total. The molecule has 2 rings (SSSR count). The summed E-state index contributed by atoms with van der Waals surface area (Å²) in [5.41, 5.74) is 1.08. The van der Waals surface area contributed by atoms with Crippen LogP contribution in [0.5, 0.6) is 0 Å². The van der Waals surface area contributed by atoms with Crippen LogP contribution in [-0.4, -0.2) is 51.8 Å². The molecule has 0 aromatic carbocycles. The second-order valence-electron chi connectivity index (χ2n) is 4.40.